The molecule has 0 saturated carbocycles. The van der Waals surface area contributed by atoms with E-state index >= 15 is 0 Å². The van der Waals surface area contributed by atoms with E-state index in [1.165, 1.54) is 0 Å². The van der Waals surface area contributed by atoms with Crippen molar-refractivity contribution in [1.29, 1.82) is 0 Å². The summed E-state index contributed by atoms with van der Waals surface area (Å²) in [5.41, 5.74) is 8.17. The Kier molecular flexibility index (Phi) is 4.53. The Bertz CT molecular complexity index is 520. The summed E-state index contributed by atoms with van der Waals surface area (Å²) >= 11 is 6.11. The number of rotatable bonds is 5. The maximum Gasteiger partial charge on any atom is 0.119 e. The molecule has 0 atom stereocenters. The van der Waals surface area contributed by atoms with E-state index in [4.69, 9.17) is 22.1 Å². The van der Waals surface area contributed by atoms with E-state index < -0.39 is 0 Å². The second-order valence-electron chi connectivity index (χ2n) is 4.20. The van der Waals surface area contributed by atoms with Crippen LogP contribution in [0.25, 0.3) is 0 Å². The monoisotopic (exact) mass is 276 g/mol. The zero-order chi connectivity index (χ0) is 13.7. The van der Waals surface area contributed by atoms with Gasteiger partial charge >= 0.3 is 0 Å². The molecule has 0 unspecified atom stereocenters. The van der Waals surface area contributed by atoms with Gasteiger partial charge in [-0.25, -0.2) is 0 Å². The molecule has 2 aromatic carbocycles. The van der Waals surface area contributed by atoms with Crippen molar-refractivity contribution < 1.29 is 4.74 Å². The summed E-state index contributed by atoms with van der Waals surface area (Å²) in [4.78, 5) is 0. The second-order valence-corrected chi connectivity index (χ2v) is 4.61. The molecule has 2 rings (SSSR count). The van der Waals surface area contributed by atoms with Crippen LogP contribution in [0.2, 0.25) is 5.02 Å². The summed E-state index contributed by atoms with van der Waals surface area (Å²) < 4.78 is 5.53. The molecular weight excluding hydrogens is 260 g/mol. The Morgan fingerprint density at radius 3 is 2.53 bits per heavy atom. The van der Waals surface area contributed by atoms with E-state index in [1.807, 2.05) is 36.4 Å². The highest BCUT2D eigenvalue weighted by Crippen LogP contribution is 2.31. The van der Waals surface area contributed by atoms with Crippen LogP contribution >= 0.6 is 11.6 Å². The highest BCUT2D eigenvalue weighted by Gasteiger charge is 2.04. The minimum atomic E-state index is 0.603. The molecule has 0 saturated heterocycles. The number of anilines is 3. The summed E-state index contributed by atoms with van der Waals surface area (Å²) in [5.74, 6) is 0.861. The third-order valence-corrected chi connectivity index (χ3v) is 2.96. The zero-order valence-electron chi connectivity index (χ0n) is 10.8. The van der Waals surface area contributed by atoms with Gasteiger partial charge in [-0.05, 0) is 42.8 Å². The Morgan fingerprint density at radius 2 is 1.89 bits per heavy atom. The first-order valence-electron chi connectivity index (χ1n) is 6.24. The van der Waals surface area contributed by atoms with E-state index in [1.54, 1.807) is 6.07 Å². The molecule has 0 aliphatic carbocycles. The van der Waals surface area contributed by atoms with Crippen molar-refractivity contribution in [3.8, 4) is 5.75 Å². The van der Waals surface area contributed by atoms with Crippen LogP contribution in [0.15, 0.2) is 42.5 Å². The van der Waals surface area contributed by atoms with Crippen LogP contribution in [-0.2, 0) is 0 Å². The van der Waals surface area contributed by atoms with E-state index in [-0.39, 0.29) is 0 Å². The van der Waals surface area contributed by atoms with Gasteiger partial charge in [0, 0.05) is 5.69 Å². The molecule has 0 radical (unpaired) electrons. The first kappa shape index (κ1) is 13.6. The van der Waals surface area contributed by atoms with Crippen molar-refractivity contribution in [2.75, 3.05) is 17.7 Å². The van der Waals surface area contributed by atoms with Gasteiger partial charge in [0.15, 0.2) is 0 Å². The van der Waals surface area contributed by atoms with E-state index in [0.717, 1.165) is 30.2 Å². The lowest BCUT2D eigenvalue weighted by molar-refractivity contribution is 0.317. The Morgan fingerprint density at radius 1 is 1.16 bits per heavy atom. The number of ether oxygens (including phenoxy) is 1. The third kappa shape index (κ3) is 3.55. The molecule has 0 fully saturated rings. The van der Waals surface area contributed by atoms with Gasteiger partial charge in [0.1, 0.15) is 5.75 Å². The highest BCUT2D eigenvalue weighted by molar-refractivity contribution is 6.34. The number of para-hydroxylation sites is 1. The lowest BCUT2D eigenvalue weighted by Crippen LogP contribution is -1.98. The van der Waals surface area contributed by atoms with Gasteiger partial charge in [0.05, 0.1) is 23.0 Å². The van der Waals surface area contributed by atoms with Crippen LogP contribution < -0.4 is 15.8 Å². The fourth-order valence-corrected chi connectivity index (χ4v) is 1.90. The zero-order valence-corrected chi connectivity index (χ0v) is 11.6. The van der Waals surface area contributed by atoms with Gasteiger partial charge < -0.3 is 15.8 Å². The fraction of sp³-hybridized carbons (Fsp3) is 0.200. The first-order valence-corrected chi connectivity index (χ1v) is 6.62. The van der Waals surface area contributed by atoms with Crippen molar-refractivity contribution in [2.24, 2.45) is 0 Å². The standard InChI is InChI=1S/C15H17ClN2O/c1-2-10-19-12-8-6-11(7-9-12)18-15-13(16)4-3-5-14(15)17/h3-9,18H,2,10,17H2,1H3. The number of nitrogens with one attached hydrogen (secondary N) is 1. The number of hydrogen-bond donors (Lipinski definition) is 2. The Hall–Kier alpha value is -1.87. The molecule has 100 valence electrons. The van der Waals surface area contributed by atoms with Crippen molar-refractivity contribution in [2.45, 2.75) is 13.3 Å². The van der Waals surface area contributed by atoms with E-state index in [0.29, 0.717) is 10.7 Å². The molecule has 4 heteroatoms. The van der Waals surface area contributed by atoms with Gasteiger partial charge in [-0.15, -0.1) is 0 Å². The molecule has 2 aromatic rings. The Balaban J connectivity index is 2.11. The number of hydrogen-bond acceptors (Lipinski definition) is 3. The predicted octanol–water partition coefficient (Wildman–Crippen LogP) is 4.45. The smallest absolute Gasteiger partial charge is 0.119 e. The van der Waals surface area contributed by atoms with Gasteiger partial charge in [-0.1, -0.05) is 24.6 Å². The maximum absolute atomic E-state index is 6.11. The lowest BCUT2D eigenvalue weighted by atomic mass is 10.2. The maximum atomic E-state index is 6.11. The van der Waals surface area contributed by atoms with Gasteiger partial charge in [-0.2, -0.15) is 0 Å². The van der Waals surface area contributed by atoms with Crippen molar-refractivity contribution in [3.63, 3.8) is 0 Å². The molecular formula is C15H17ClN2O. The van der Waals surface area contributed by atoms with Crippen LogP contribution in [0.5, 0.6) is 5.75 Å². The van der Waals surface area contributed by atoms with E-state index in [9.17, 15) is 0 Å². The summed E-state index contributed by atoms with van der Waals surface area (Å²) in [6.07, 6.45) is 0.996. The molecule has 0 bridgehead atoms. The molecule has 3 nitrogen and oxygen atoms in total. The van der Waals surface area contributed by atoms with Crippen molar-refractivity contribution in [3.05, 3.63) is 47.5 Å². The highest BCUT2D eigenvalue weighted by atomic mass is 35.5. The largest absolute Gasteiger partial charge is 0.494 e. The van der Waals surface area contributed by atoms with Gasteiger partial charge in [0.25, 0.3) is 0 Å². The fourth-order valence-electron chi connectivity index (χ4n) is 1.67. The summed E-state index contributed by atoms with van der Waals surface area (Å²) in [6.45, 7) is 2.81. The summed E-state index contributed by atoms with van der Waals surface area (Å²) in [6, 6.07) is 13.2. The number of nitrogens with two attached hydrogens (primary N) is 1. The normalized spacial score (nSPS) is 10.2. The Labute approximate surface area is 118 Å². The quantitative estimate of drug-likeness (QED) is 0.793. The SMILES string of the molecule is CCCOc1ccc(Nc2c(N)cccc2Cl)cc1. The molecule has 0 aliphatic rings. The second kappa shape index (κ2) is 6.34. The first-order chi connectivity index (χ1) is 9.20. The third-order valence-electron chi connectivity index (χ3n) is 2.64. The topological polar surface area (TPSA) is 47.3 Å². The van der Waals surface area contributed by atoms with Crippen molar-refractivity contribution >= 4 is 28.7 Å². The molecule has 0 amide bonds. The lowest BCUT2D eigenvalue weighted by Gasteiger charge is -2.12. The van der Waals surface area contributed by atoms with Gasteiger partial charge in [-0.3, -0.25) is 0 Å². The minimum Gasteiger partial charge on any atom is -0.494 e. The molecule has 0 aromatic heterocycles. The van der Waals surface area contributed by atoms with Crippen LogP contribution in [0.4, 0.5) is 17.1 Å². The summed E-state index contributed by atoms with van der Waals surface area (Å²) in [5, 5.41) is 3.81. The van der Waals surface area contributed by atoms with Crippen molar-refractivity contribution in [1.82, 2.24) is 0 Å². The summed E-state index contributed by atoms with van der Waals surface area (Å²) in [7, 11) is 0. The number of nitrogen functional groups attached to an aromatic ring is 1. The van der Waals surface area contributed by atoms with Crippen LogP contribution in [-0.4, -0.2) is 6.61 Å². The molecule has 0 spiro atoms. The molecule has 3 N–H and O–H groups in total. The average Bonchev–Trinajstić information content (AvgIpc) is 2.42. The number of halogens is 1. The van der Waals surface area contributed by atoms with Crippen LogP contribution in [0.1, 0.15) is 13.3 Å². The minimum absolute atomic E-state index is 0.603. The molecule has 19 heavy (non-hydrogen) atoms. The predicted molar refractivity (Wildman–Crippen MR) is 81.4 cm³/mol. The van der Waals surface area contributed by atoms with E-state index in [2.05, 4.69) is 12.2 Å². The van der Waals surface area contributed by atoms with Crippen LogP contribution in [0, 0.1) is 0 Å². The molecule has 0 heterocycles. The molecule has 0 aliphatic heterocycles. The van der Waals surface area contributed by atoms with Gasteiger partial charge in [0.2, 0.25) is 0 Å². The average molecular weight is 277 g/mol. The van der Waals surface area contributed by atoms with Crippen LogP contribution in [0.3, 0.4) is 0 Å². The number of benzene rings is 2.